The highest BCUT2D eigenvalue weighted by Gasteiger charge is 2.39. The fourth-order valence-electron chi connectivity index (χ4n) is 4.08. The predicted molar refractivity (Wildman–Crippen MR) is 66.9 cm³/mol. The highest BCUT2D eigenvalue weighted by atomic mass is 15.1. The lowest BCUT2D eigenvalue weighted by Gasteiger charge is -2.24. The standard InChI is InChI=1S/C14H19N3/c1-2-11-12(3-1)15-8-16-14(11)17-13-7-9-4-5-10(13)6-9/h8-10,13H,1-7H2,(H,15,16,17). The van der Waals surface area contributed by atoms with Gasteiger partial charge in [-0.05, 0) is 50.4 Å². The Morgan fingerprint density at radius 2 is 2.12 bits per heavy atom. The molecule has 0 aliphatic heterocycles. The molecule has 3 unspecified atom stereocenters. The number of hydrogen-bond donors (Lipinski definition) is 1. The molecule has 3 aliphatic carbocycles. The van der Waals surface area contributed by atoms with Gasteiger partial charge in [-0.3, -0.25) is 0 Å². The van der Waals surface area contributed by atoms with Crippen LogP contribution in [-0.2, 0) is 12.8 Å². The van der Waals surface area contributed by atoms with Crippen LogP contribution < -0.4 is 5.32 Å². The van der Waals surface area contributed by atoms with Crippen molar-refractivity contribution in [2.45, 2.75) is 51.0 Å². The molecule has 1 N–H and O–H groups in total. The number of hydrogen-bond acceptors (Lipinski definition) is 3. The first-order valence-corrected chi connectivity index (χ1v) is 6.99. The van der Waals surface area contributed by atoms with Gasteiger partial charge in [0.05, 0.1) is 0 Å². The van der Waals surface area contributed by atoms with E-state index in [9.17, 15) is 0 Å². The normalized spacial score (nSPS) is 34.0. The van der Waals surface area contributed by atoms with Gasteiger partial charge in [0.1, 0.15) is 12.1 Å². The Morgan fingerprint density at radius 1 is 1.12 bits per heavy atom. The molecular weight excluding hydrogens is 210 g/mol. The van der Waals surface area contributed by atoms with E-state index in [1.165, 1.54) is 49.8 Å². The molecule has 17 heavy (non-hydrogen) atoms. The fourth-order valence-corrected chi connectivity index (χ4v) is 4.08. The lowest BCUT2D eigenvalue weighted by Crippen LogP contribution is -2.27. The molecule has 3 atom stereocenters. The molecule has 2 fully saturated rings. The van der Waals surface area contributed by atoms with Crippen LogP contribution in [-0.4, -0.2) is 16.0 Å². The quantitative estimate of drug-likeness (QED) is 0.847. The second-order valence-corrected chi connectivity index (χ2v) is 5.93. The van der Waals surface area contributed by atoms with Crippen LogP contribution in [0.4, 0.5) is 5.82 Å². The summed E-state index contributed by atoms with van der Waals surface area (Å²) in [5.41, 5.74) is 2.68. The van der Waals surface area contributed by atoms with Gasteiger partial charge >= 0.3 is 0 Å². The van der Waals surface area contributed by atoms with Crippen molar-refractivity contribution in [2.24, 2.45) is 11.8 Å². The molecule has 0 aromatic carbocycles. The average molecular weight is 229 g/mol. The number of anilines is 1. The van der Waals surface area contributed by atoms with E-state index in [0.717, 1.165) is 24.1 Å². The number of aromatic nitrogens is 2. The Balaban J connectivity index is 1.58. The Labute approximate surface area is 102 Å². The summed E-state index contributed by atoms with van der Waals surface area (Å²) in [4.78, 5) is 8.87. The molecule has 3 nitrogen and oxygen atoms in total. The van der Waals surface area contributed by atoms with E-state index in [4.69, 9.17) is 0 Å². The summed E-state index contributed by atoms with van der Waals surface area (Å²) in [6.45, 7) is 0. The van der Waals surface area contributed by atoms with E-state index in [0.29, 0.717) is 6.04 Å². The molecule has 1 heterocycles. The number of aryl methyl sites for hydroxylation is 1. The second kappa shape index (κ2) is 3.69. The highest BCUT2D eigenvalue weighted by molar-refractivity contribution is 5.49. The molecule has 3 heteroatoms. The number of rotatable bonds is 2. The first-order chi connectivity index (χ1) is 8.40. The lowest BCUT2D eigenvalue weighted by atomic mass is 9.95. The van der Waals surface area contributed by atoms with Crippen molar-refractivity contribution >= 4 is 5.82 Å². The van der Waals surface area contributed by atoms with Crippen LogP contribution >= 0.6 is 0 Å². The molecular formula is C14H19N3. The van der Waals surface area contributed by atoms with Crippen molar-refractivity contribution in [3.63, 3.8) is 0 Å². The average Bonchev–Trinajstić information content (AvgIpc) is 3.04. The van der Waals surface area contributed by atoms with Gasteiger partial charge in [-0.2, -0.15) is 0 Å². The molecule has 0 radical (unpaired) electrons. The lowest BCUT2D eigenvalue weighted by molar-refractivity contribution is 0.438. The van der Waals surface area contributed by atoms with Gasteiger partial charge in [-0.15, -0.1) is 0 Å². The van der Waals surface area contributed by atoms with Gasteiger partial charge in [0.2, 0.25) is 0 Å². The molecule has 0 spiro atoms. The van der Waals surface area contributed by atoms with E-state index < -0.39 is 0 Å². The van der Waals surface area contributed by atoms with Crippen molar-refractivity contribution in [1.82, 2.24) is 9.97 Å². The van der Waals surface area contributed by atoms with Crippen molar-refractivity contribution in [3.8, 4) is 0 Å². The monoisotopic (exact) mass is 229 g/mol. The highest BCUT2D eigenvalue weighted by Crippen LogP contribution is 2.45. The van der Waals surface area contributed by atoms with Crippen molar-refractivity contribution in [2.75, 3.05) is 5.32 Å². The Kier molecular flexibility index (Phi) is 2.14. The summed E-state index contributed by atoms with van der Waals surface area (Å²) >= 11 is 0. The van der Waals surface area contributed by atoms with Crippen LogP contribution in [0.5, 0.6) is 0 Å². The summed E-state index contributed by atoms with van der Waals surface area (Å²) in [6.07, 6.45) is 11.0. The minimum Gasteiger partial charge on any atom is -0.367 e. The van der Waals surface area contributed by atoms with Crippen molar-refractivity contribution in [3.05, 3.63) is 17.6 Å². The van der Waals surface area contributed by atoms with Crippen LogP contribution in [0.3, 0.4) is 0 Å². The first kappa shape index (κ1) is 9.86. The number of fused-ring (bicyclic) bond motifs is 3. The summed E-state index contributed by atoms with van der Waals surface area (Å²) in [7, 11) is 0. The molecule has 90 valence electrons. The molecule has 2 saturated carbocycles. The van der Waals surface area contributed by atoms with Gasteiger partial charge in [0.25, 0.3) is 0 Å². The zero-order chi connectivity index (χ0) is 11.2. The van der Waals surface area contributed by atoms with Crippen LogP contribution in [0, 0.1) is 11.8 Å². The molecule has 0 amide bonds. The maximum Gasteiger partial charge on any atom is 0.133 e. The van der Waals surface area contributed by atoms with Gasteiger partial charge in [-0.25, -0.2) is 9.97 Å². The summed E-state index contributed by atoms with van der Waals surface area (Å²) in [6, 6.07) is 0.688. The largest absolute Gasteiger partial charge is 0.367 e. The van der Waals surface area contributed by atoms with Gasteiger partial charge in [0.15, 0.2) is 0 Å². The van der Waals surface area contributed by atoms with E-state index in [2.05, 4.69) is 15.3 Å². The van der Waals surface area contributed by atoms with E-state index in [1.54, 1.807) is 6.33 Å². The van der Waals surface area contributed by atoms with Crippen LogP contribution in [0.15, 0.2) is 6.33 Å². The Hall–Kier alpha value is -1.12. The van der Waals surface area contributed by atoms with Crippen molar-refractivity contribution in [1.29, 1.82) is 0 Å². The Bertz CT molecular complexity index is 443. The van der Waals surface area contributed by atoms with Crippen LogP contribution in [0.25, 0.3) is 0 Å². The van der Waals surface area contributed by atoms with Crippen LogP contribution in [0.1, 0.15) is 43.4 Å². The first-order valence-electron chi connectivity index (χ1n) is 6.99. The van der Waals surface area contributed by atoms with Gasteiger partial charge in [-0.1, -0.05) is 6.42 Å². The summed E-state index contributed by atoms with van der Waals surface area (Å²) in [5.74, 6) is 3.05. The third-order valence-electron chi connectivity index (χ3n) is 4.94. The van der Waals surface area contributed by atoms with Gasteiger partial charge < -0.3 is 5.32 Å². The summed E-state index contributed by atoms with van der Waals surface area (Å²) < 4.78 is 0. The molecule has 3 aliphatic rings. The van der Waals surface area contributed by atoms with E-state index in [1.807, 2.05) is 0 Å². The SMILES string of the molecule is c1nc2c(c(NC3CC4CCC3C4)n1)CCC2. The summed E-state index contributed by atoms with van der Waals surface area (Å²) in [5, 5.41) is 3.72. The smallest absolute Gasteiger partial charge is 0.133 e. The predicted octanol–water partition coefficient (Wildman–Crippen LogP) is 2.57. The van der Waals surface area contributed by atoms with Crippen molar-refractivity contribution < 1.29 is 0 Å². The minimum absolute atomic E-state index is 0.688. The molecule has 1 aromatic rings. The molecule has 2 bridgehead atoms. The maximum atomic E-state index is 4.48. The van der Waals surface area contributed by atoms with Gasteiger partial charge in [0, 0.05) is 17.3 Å². The third-order valence-corrected chi connectivity index (χ3v) is 4.94. The third kappa shape index (κ3) is 1.55. The zero-order valence-electron chi connectivity index (χ0n) is 10.2. The molecule has 4 rings (SSSR count). The number of nitrogens with zero attached hydrogens (tertiary/aromatic N) is 2. The van der Waals surface area contributed by atoms with E-state index >= 15 is 0 Å². The van der Waals surface area contributed by atoms with Crippen LogP contribution in [0.2, 0.25) is 0 Å². The fraction of sp³-hybridized carbons (Fsp3) is 0.714. The topological polar surface area (TPSA) is 37.8 Å². The molecule has 1 aromatic heterocycles. The Morgan fingerprint density at radius 3 is 2.94 bits per heavy atom. The molecule has 0 saturated heterocycles. The van der Waals surface area contributed by atoms with E-state index in [-0.39, 0.29) is 0 Å². The number of nitrogens with one attached hydrogen (secondary N) is 1. The second-order valence-electron chi connectivity index (χ2n) is 5.93. The minimum atomic E-state index is 0.688. The maximum absolute atomic E-state index is 4.48. The zero-order valence-corrected chi connectivity index (χ0v) is 10.2.